The molecule has 2 rings (SSSR count). The van der Waals surface area contributed by atoms with Crippen molar-refractivity contribution < 1.29 is 0 Å². The third kappa shape index (κ3) is 2.61. The van der Waals surface area contributed by atoms with Crippen molar-refractivity contribution in [1.29, 1.82) is 0 Å². The number of hydrogen-bond donors (Lipinski definition) is 2. The van der Waals surface area contributed by atoms with E-state index in [2.05, 4.69) is 35.3 Å². The summed E-state index contributed by atoms with van der Waals surface area (Å²) in [5, 5.41) is 2.41. The van der Waals surface area contributed by atoms with Gasteiger partial charge in [-0.2, -0.15) is 0 Å². The number of piperidine rings is 1. The summed E-state index contributed by atoms with van der Waals surface area (Å²) in [6.07, 6.45) is 5.95. The topological polar surface area (TPSA) is 31.1 Å². The number of hydrogen-bond acceptors (Lipinski definition) is 2. The molecule has 3 nitrogen and oxygen atoms in total. The zero-order valence-corrected chi connectivity index (χ0v) is 9.66. The predicted octanol–water partition coefficient (Wildman–Crippen LogP) is 2.28. The Morgan fingerprint density at radius 2 is 2.13 bits per heavy atom. The first kappa shape index (κ1) is 10.7. The first-order chi connectivity index (χ1) is 7.27. The van der Waals surface area contributed by atoms with Crippen LogP contribution >= 0.6 is 0 Å². The molecule has 15 heavy (non-hydrogen) atoms. The lowest BCUT2D eigenvalue weighted by Gasteiger charge is -2.39. The monoisotopic (exact) mass is 207 g/mol. The molecule has 2 heterocycles. The molecule has 0 aliphatic carbocycles. The first-order valence-corrected chi connectivity index (χ1v) is 5.91. The zero-order valence-electron chi connectivity index (χ0n) is 9.66. The number of aromatic nitrogens is 1. The molecule has 84 valence electrons. The molecule has 1 fully saturated rings. The normalized spacial score (nSPS) is 28.1. The van der Waals surface area contributed by atoms with Crippen LogP contribution in [0, 0.1) is 0 Å². The molecule has 0 saturated carbocycles. The van der Waals surface area contributed by atoms with E-state index in [1.807, 2.05) is 12.3 Å². The van der Waals surface area contributed by atoms with Gasteiger partial charge in [0.15, 0.2) is 0 Å². The Hall–Kier alpha value is -0.800. The first-order valence-electron chi connectivity index (χ1n) is 5.91. The number of hydrazine groups is 1. The maximum Gasteiger partial charge on any atom is 0.0504 e. The Kier molecular flexibility index (Phi) is 3.44. The summed E-state index contributed by atoms with van der Waals surface area (Å²) in [7, 11) is 0. The highest BCUT2D eigenvalue weighted by molar-refractivity contribution is 5.02. The Labute approximate surface area is 91.8 Å². The van der Waals surface area contributed by atoms with E-state index in [4.69, 9.17) is 0 Å². The highest BCUT2D eigenvalue weighted by atomic mass is 15.5. The standard InChI is InChI=1S/C12H21N3/c1-10-5-3-6-11(2)15(10)14-9-12-7-4-8-13-12/h4,7-8,10-11,13-14H,3,5-6,9H2,1-2H3. The molecule has 1 aromatic rings. The van der Waals surface area contributed by atoms with E-state index in [9.17, 15) is 0 Å². The number of nitrogens with one attached hydrogen (secondary N) is 2. The fraction of sp³-hybridized carbons (Fsp3) is 0.667. The molecule has 0 radical (unpaired) electrons. The quantitative estimate of drug-likeness (QED) is 0.796. The summed E-state index contributed by atoms with van der Waals surface area (Å²) in [4.78, 5) is 3.22. The van der Waals surface area contributed by atoms with Crippen molar-refractivity contribution in [1.82, 2.24) is 15.4 Å². The molecular formula is C12H21N3. The molecular weight excluding hydrogens is 186 g/mol. The summed E-state index contributed by atoms with van der Waals surface area (Å²) in [6, 6.07) is 5.47. The van der Waals surface area contributed by atoms with Crippen molar-refractivity contribution in [2.75, 3.05) is 0 Å². The summed E-state index contributed by atoms with van der Waals surface area (Å²) >= 11 is 0. The minimum atomic E-state index is 0.656. The smallest absolute Gasteiger partial charge is 0.0504 e. The Morgan fingerprint density at radius 1 is 1.40 bits per heavy atom. The van der Waals surface area contributed by atoms with Crippen LogP contribution in [0.4, 0.5) is 0 Å². The van der Waals surface area contributed by atoms with E-state index < -0.39 is 0 Å². The van der Waals surface area contributed by atoms with Gasteiger partial charge in [0.2, 0.25) is 0 Å². The summed E-state index contributed by atoms with van der Waals surface area (Å²) in [5.41, 5.74) is 4.78. The molecule has 2 N–H and O–H groups in total. The van der Waals surface area contributed by atoms with Crippen LogP contribution in [0.2, 0.25) is 0 Å². The second-order valence-electron chi connectivity index (χ2n) is 4.57. The minimum absolute atomic E-state index is 0.656. The number of aromatic amines is 1. The van der Waals surface area contributed by atoms with Crippen LogP contribution < -0.4 is 5.43 Å². The molecule has 0 spiro atoms. The molecule has 0 bridgehead atoms. The molecule has 3 heteroatoms. The van der Waals surface area contributed by atoms with Crippen molar-refractivity contribution in [2.45, 2.75) is 51.7 Å². The van der Waals surface area contributed by atoms with Crippen LogP contribution in [-0.4, -0.2) is 22.1 Å². The van der Waals surface area contributed by atoms with E-state index in [0.29, 0.717) is 12.1 Å². The minimum Gasteiger partial charge on any atom is -0.364 e. The molecule has 2 unspecified atom stereocenters. The van der Waals surface area contributed by atoms with Gasteiger partial charge in [0, 0.05) is 24.0 Å². The van der Waals surface area contributed by atoms with Crippen LogP contribution in [-0.2, 0) is 6.54 Å². The molecule has 0 aromatic carbocycles. The SMILES string of the molecule is CC1CCCC(C)N1NCc1ccc[nH]1. The number of rotatable bonds is 3. The van der Waals surface area contributed by atoms with Gasteiger partial charge in [-0.25, -0.2) is 10.4 Å². The van der Waals surface area contributed by atoms with Crippen LogP contribution in [0.25, 0.3) is 0 Å². The van der Waals surface area contributed by atoms with Gasteiger partial charge < -0.3 is 4.98 Å². The van der Waals surface area contributed by atoms with Gasteiger partial charge >= 0.3 is 0 Å². The fourth-order valence-corrected chi connectivity index (χ4v) is 2.39. The second-order valence-corrected chi connectivity index (χ2v) is 4.57. The van der Waals surface area contributed by atoms with Crippen molar-refractivity contribution in [2.24, 2.45) is 0 Å². The highest BCUT2D eigenvalue weighted by Gasteiger charge is 2.23. The van der Waals surface area contributed by atoms with E-state index in [-0.39, 0.29) is 0 Å². The lowest BCUT2D eigenvalue weighted by molar-refractivity contribution is 0.0432. The third-order valence-electron chi connectivity index (χ3n) is 3.31. The van der Waals surface area contributed by atoms with Crippen LogP contribution in [0.1, 0.15) is 38.8 Å². The molecule has 1 aromatic heterocycles. The Bertz CT molecular complexity index is 271. The van der Waals surface area contributed by atoms with Crippen molar-refractivity contribution in [3.05, 3.63) is 24.0 Å². The van der Waals surface area contributed by atoms with E-state index in [1.165, 1.54) is 25.0 Å². The average Bonchev–Trinajstić information content (AvgIpc) is 2.70. The second kappa shape index (κ2) is 4.81. The van der Waals surface area contributed by atoms with Gasteiger partial charge in [0.1, 0.15) is 0 Å². The van der Waals surface area contributed by atoms with Crippen molar-refractivity contribution in [3.8, 4) is 0 Å². The van der Waals surface area contributed by atoms with E-state index in [0.717, 1.165) is 6.54 Å². The summed E-state index contributed by atoms with van der Waals surface area (Å²) in [6.45, 7) is 5.51. The Balaban J connectivity index is 1.86. The number of nitrogens with zero attached hydrogens (tertiary/aromatic N) is 1. The average molecular weight is 207 g/mol. The molecule has 0 amide bonds. The van der Waals surface area contributed by atoms with Gasteiger partial charge in [-0.1, -0.05) is 6.42 Å². The zero-order chi connectivity index (χ0) is 10.7. The van der Waals surface area contributed by atoms with Gasteiger partial charge in [0.25, 0.3) is 0 Å². The van der Waals surface area contributed by atoms with Gasteiger partial charge in [-0.3, -0.25) is 0 Å². The Morgan fingerprint density at radius 3 is 2.73 bits per heavy atom. The molecule has 1 aliphatic rings. The van der Waals surface area contributed by atoms with Crippen LogP contribution in [0.15, 0.2) is 18.3 Å². The van der Waals surface area contributed by atoms with Crippen molar-refractivity contribution >= 4 is 0 Å². The largest absolute Gasteiger partial charge is 0.364 e. The van der Waals surface area contributed by atoms with Crippen LogP contribution in [0.5, 0.6) is 0 Å². The molecule has 1 aliphatic heterocycles. The van der Waals surface area contributed by atoms with E-state index >= 15 is 0 Å². The fourth-order valence-electron chi connectivity index (χ4n) is 2.39. The maximum absolute atomic E-state index is 3.53. The summed E-state index contributed by atoms with van der Waals surface area (Å²) < 4.78 is 0. The van der Waals surface area contributed by atoms with Gasteiger partial charge in [0.05, 0.1) is 6.54 Å². The van der Waals surface area contributed by atoms with E-state index in [1.54, 1.807) is 0 Å². The third-order valence-corrected chi connectivity index (χ3v) is 3.31. The van der Waals surface area contributed by atoms with Crippen molar-refractivity contribution in [3.63, 3.8) is 0 Å². The van der Waals surface area contributed by atoms with Crippen LogP contribution in [0.3, 0.4) is 0 Å². The van der Waals surface area contributed by atoms with Gasteiger partial charge in [-0.15, -0.1) is 0 Å². The summed E-state index contributed by atoms with van der Waals surface area (Å²) in [5.74, 6) is 0. The lowest BCUT2D eigenvalue weighted by atomic mass is 10.00. The number of H-pyrrole nitrogens is 1. The lowest BCUT2D eigenvalue weighted by Crippen LogP contribution is -2.51. The maximum atomic E-state index is 3.53. The van der Waals surface area contributed by atoms with Gasteiger partial charge in [-0.05, 0) is 38.8 Å². The predicted molar refractivity (Wildman–Crippen MR) is 62.2 cm³/mol. The highest BCUT2D eigenvalue weighted by Crippen LogP contribution is 2.20. The molecule has 2 atom stereocenters. The molecule has 1 saturated heterocycles.